The Kier molecular flexibility index (Phi) is 7.06. The van der Waals surface area contributed by atoms with E-state index in [1.807, 2.05) is 43.3 Å². The lowest BCUT2D eigenvalue weighted by molar-refractivity contribution is -0.127. The van der Waals surface area contributed by atoms with Gasteiger partial charge in [0.2, 0.25) is 5.91 Å². The number of hydrogen-bond donors (Lipinski definition) is 0. The van der Waals surface area contributed by atoms with Crippen LogP contribution in [0.3, 0.4) is 0 Å². The number of carbonyl (C=O) groups is 2. The minimum atomic E-state index is -0.836. The van der Waals surface area contributed by atoms with E-state index in [1.165, 1.54) is 12.0 Å². The van der Waals surface area contributed by atoms with Crippen LogP contribution >= 0.6 is 0 Å². The number of nitrogens with zero attached hydrogens (tertiary/aromatic N) is 2. The Labute approximate surface area is 205 Å². The van der Waals surface area contributed by atoms with Crippen LogP contribution in [0.2, 0.25) is 0 Å². The molecule has 180 valence electrons. The van der Waals surface area contributed by atoms with E-state index in [0.29, 0.717) is 28.6 Å². The number of piperazine rings is 1. The van der Waals surface area contributed by atoms with Gasteiger partial charge in [-0.3, -0.25) is 19.4 Å². The molecule has 1 fully saturated rings. The molecule has 0 N–H and O–H groups in total. The van der Waals surface area contributed by atoms with Crippen LogP contribution in [0, 0.1) is 0 Å². The summed E-state index contributed by atoms with van der Waals surface area (Å²) >= 11 is 0. The molecule has 1 aliphatic rings. The Morgan fingerprint density at radius 3 is 2.14 bits per heavy atom. The van der Waals surface area contributed by atoms with E-state index in [2.05, 4.69) is 0 Å². The Balaban J connectivity index is 1.80. The third-order valence-electron chi connectivity index (χ3n) is 5.97. The molecule has 35 heavy (non-hydrogen) atoms. The third-order valence-corrected chi connectivity index (χ3v) is 5.97. The molecule has 7 nitrogen and oxygen atoms in total. The van der Waals surface area contributed by atoms with Gasteiger partial charge in [0.15, 0.2) is 0 Å². The Bertz CT molecular complexity index is 1240. The maximum Gasteiger partial charge on any atom is 0.255 e. The van der Waals surface area contributed by atoms with Gasteiger partial charge in [0, 0.05) is 11.8 Å². The van der Waals surface area contributed by atoms with Crippen LogP contribution in [0.15, 0.2) is 78.4 Å². The molecule has 4 rings (SSSR count). The first-order chi connectivity index (χ1) is 17.0. The standard InChI is InChI=1S/C28H28N2O5/c1-19(16-20-8-6-5-7-9-20)27-28(32)29(24-15-14-23(34-3)17-25(24)35-4)18-26(31)30(27)21-10-12-22(33-2)13-11-21/h5-17,27H,18H2,1-4H3/b19-16-/t27-/m1/s1. The fourth-order valence-electron chi connectivity index (χ4n) is 4.23. The van der Waals surface area contributed by atoms with Gasteiger partial charge < -0.3 is 14.2 Å². The van der Waals surface area contributed by atoms with Crippen molar-refractivity contribution in [3.05, 3.63) is 83.9 Å². The highest BCUT2D eigenvalue weighted by Crippen LogP contribution is 2.36. The minimum Gasteiger partial charge on any atom is -0.497 e. The maximum absolute atomic E-state index is 14.0. The van der Waals surface area contributed by atoms with Crippen LogP contribution in [0.4, 0.5) is 11.4 Å². The summed E-state index contributed by atoms with van der Waals surface area (Å²) in [5.74, 6) is 1.28. The number of hydrogen-bond acceptors (Lipinski definition) is 5. The largest absolute Gasteiger partial charge is 0.497 e. The SMILES string of the molecule is COc1ccc(N2C(=O)CN(c3ccc(OC)cc3OC)C(=O)[C@H]2/C(C)=C\c2ccccc2)cc1. The monoisotopic (exact) mass is 472 g/mol. The summed E-state index contributed by atoms with van der Waals surface area (Å²) in [6.07, 6.45) is 1.93. The molecular weight excluding hydrogens is 444 g/mol. The van der Waals surface area contributed by atoms with Crippen LogP contribution in [-0.2, 0) is 9.59 Å². The normalized spacial score (nSPS) is 16.3. The fraction of sp³-hybridized carbons (Fsp3) is 0.214. The summed E-state index contributed by atoms with van der Waals surface area (Å²) in [5.41, 5.74) is 2.82. The summed E-state index contributed by atoms with van der Waals surface area (Å²) < 4.78 is 16.1. The van der Waals surface area contributed by atoms with Crippen molar-refractivity contribution < 1.29 is 23.8 Å². The molecule has 1 heterocycles. The van der Waals surface area contributed by atoms with Gasteiger partial charge in [-0.15, -0.1) is 0 Å². The van der Waals surface area contributed by atoms with E-state index in [9.17, 15) is 9.59 Å². The average molecular weight is 473 g/mol. The zero-order valence-electron chi connectivity index (χ0n) is 20.2. The number of anilines is 2. The number of benzene rings is 3. The van der Waals surface area contributed by atoms with Gasteiger partial charge in [-0.05, 0) is 54.5 Å². The van der Waals surface area contributed by atoms with Crippen molar-refractivity contribution in [3.63, 3.8) is 0 Å². The molecule has 0 spiro atoms. The summed E-state index contributed by atoms with van der Waals surface area (Å²) in [5, 5.41) is 0. The quantitative estimate of drug-likeness (QED) is 0.504. The van der Waals surface area contributed by atoms with Crippen LogP contribution in [0.25, 0.3) is 6.08 Å². The third kappa shape index (κ3) is 4.84. The van der Waals surface area contributed by atoms with Gasteiger partial charge in [-0.25, -0.2) is 0 Å². The molecule has 0 saturated carbocycles. The summed E-state index contributed by atoms with van der Waals surface area (Å²) in [4.78, 5) is 30.6. The van der Waals surface area contributed by atoms with Crippen molar-refractivity contribution in [2.24, 2.45) is 0 Å². The lowest BCUT2D eigenvalue weighted by atomic mass is 9.98. The predicted molar refractivity (Wildman–Crippen MR) is 136 cm³/mol. The van der Waals surface area contributed by atoms with Crippen molar-refractivity contribution in [2.45, 2.75) is 13.0 Å². The van der Waals surface area contributed by atoms with Gasteiger partial charge in [-0.1, -0.05) is 36.4 Å². The molecule has 0 aromatic heterocycles. The first kappa shape index (κ1) is 23.9. The van der Waals surface area contributed by atoms with E-state index in [4.69, 9.17) is 14.2 Å². The number of ether oxygens (including phenoxy) is 3. The Morgan fingerprint density at radius 1 is 0.857 bits per heavy atom. The number of carbonyl (C=O) groups excluding carboxylic acids is 2. The summed E-state index contributed by atoms with van der Waals surface area (Å²) in [6, 6.07) is 21.2. The van der Waals surface area contributed by atoms with E-state index in [-0.39, 0.29) is 18.4 Å². The highest BCUT2D eigenvalue weighted by atomic mass is 16.5. The zero-order valence-corrected chi connectivity index (χ0v) is 20.2. The molecule has 7 heteroatoms. The van der Waals surface area contributed by atoms with Crippen molar-refractivity contribution in [1.29, 1.82) is 0 Å². The lowest BCUT2D eigenvalue weighted by Gasteiger charge is -2.41. The van der Waals surface area contributed by atoms with Crippen LogP contribution < -0.4 is 24.0 Å². The number of rotatable bonds is 7. The summed E-state index contributed by atoms with van der Waals surface area (Å²) in [7, 11) is 4.67. The second-order valence-corrected chi connectivity index (χ2v) is 8.13. The highest BCUT2D eigenvalue weighted by Gasteiger charge is 2.42. The molecule has 0 unspecified atom stereocenters. The molecule has 0 aliphatic carbocycles. The van der Waals surface area contributed by atoms with Crippen LogP contribution in [0.5, 0.6) is 17.2 Å². The summed E-state index contributed by atoms with van der Waals surface area (Å²) in [6.45, 7) is 1.75. The molecule has 1 atom stereocenters. The zero-order chi connectivity index (χ0) is 24.9. The second-order valence-electron chi connectivity index (χ2n) is 8.13. The van der Waals surface area contributed by atoms with E-state index >= 15 is 0 Å². The van der Waals surface area contributed by atoms with Crippen molar-refractivity contribution in [3.8, 4) is 17.2 Å². The van der Waals surface area contributed by atoms with Gasteiger partial charge in [0.05, 0.1) is 27.0 Å². The Hall–Kier alpha value is -4.26. The number of methoxy groups -OCH3 is 3. The topological polar surface area (TPSA) is 68.3 Å². The molecule has 3 aromatic rings. The van der Waals surface area contributed by atoms with Gasteiger partial charge in [-0.2, -0.15) is 0 Å². The fourth-order valence-corrected chi connectivity index (χ4v) is 4.23. The molecule has 2 amide bonds. The van der Waals surface area contributed by atoms with E-state index in [1.54, 1.807) is 61.6 Å². The van der Waals surface area contributed by atoms with Gasteiger partial charge >= 0.3 is 0 Å². The molecule has 1 aliphatic heterocycles. The van der Waals surface area contributed by atoms with Crippen molar-refractivity contribution >= 4 is 29.3 Å². The van der Waals surface area contributed by atoms with E-state index < -0.39 is 6.04 Å². The smallest absolute Gasteiger partial charge is 0.255 e. The maximum atomic E-state index is 14.0. The van der Waals surface area contributed by atoms with Gasteiger partial charge in [0.1, 0.15) is 29.8 Å². The van der Waals surface area contributed by atoms with Crippen molar-refractivity contribution in [2.75, 3.05) is 37.7 Å². The van der Waals surface area contributed by atoms with E-state index in [0.717, 1.165) is 11.1 Å². The molecular formula is C28H28N2O5. The number of amides is 2. The highest BCUT2D eigenvalue weighted by molar-refractivity contribution is 6.16. The Morgan fingerprint density at radius 2 is 1.51 bits per heavy atom. The van der Waals surface area contributed by atoms with Crippen LogP contribution in [-0.4, -0.2) is 45.7 Å². The minimum absolute atomic E-state index is 0.122. The first-order valence-electron chi connectivity index (χ1n) is 11.2. The van der Waals surface area contributed by atoms with Gasteiger partial charge in [0.25, 0.3) is 5.91 Å². The molecule has 0 radical (unpaired) electrons. The van der Waals surface area contributed by atoms with Crippen molar-refractivity contribution in [1.82, 2.24) is 0 Å². The average Bonchev–Trinajstić information content (AvgIpc) is 2.89. The lowest BCUT2D eigenvalue weighted by Crippen LogP contribution is -2.61. The molecule has 0 bridgehead atoms. The predicted octanol–water partition coefficient (Wildman–Crippen LogP) is 4.56. The van der Waals surface area contributed by atoms with Crippen LogP contribution in [0.1, 0.15) is 12.5 Å². The molecule has 3 aromatic carbocycles. The molecule has 1 saturated heterocycles. The first-order valence-corrected chi connectivity index (χ1v) is 11.2. The second kappa shape index (κ2) is 10.3.